The van der Waals surface area contributed by atoms with Crippen LogP contribution in [0.2, 0.25) is 0 Å². The maximum atomic E-state index is 12.0. The topological polar surface area (TPSA) is 67.6 Å². The Labute approximate surface area is 130 Å². The zero-order valence-electron chi connectivity index (χ0n) is 12.4. The molecule has 0 bridgehead atoms. The predicted octanol–water partition coefficient (Wildman–Crippen LogP) is 1.96. The first-order chi connectivity index (χ1) is 9.97. The molecular formula is C15H21N3O2S. The smallest absolute Gasteiger partial charge is 0.260 e. The minimum atomic E-state index is 0.0524. The number of benzene rings is 1. The van der Waals surface area contributed by atoms with Gasteiger partial charge in [0.25, 0.3) is 5.91 Å². The summed E-state index contributed by atoms with van der Waals surface area (Å²) >= 11 is 4.83. The van der Waals surface area contributed by atoms with Crippen LogP contribution in [0.5, 0.6) is 5.75 Å². The molecule has 1 fully saturated rings. The van der Waals surface area contributed by atoms with Crippen LogP contribution in [-0.2, 0) is 4.79 Å². The van der Waals surface area contributed by atoms with Gasteiger partial charge in [-0.15, -0.1) is 0 Å². The highest BCUT2D eigenvalue weighted by Gasteiger charge is 2.19. The van der Waals surface area contributed by atoms with E-state index in [0.29, 0.717) is 0 Å². The fourth-order valence-corrected chi connectivity index (χ4v) is 2.70. The van der Waals surface area contributed by atoms with Gasteiger partial charge in [0.05, 0.1) is 0 Å². The summed E-state index contributed by atoms with van der Waals surface area (Å²) in [7, 11) is 0. The molecule has 6 heteroatoms. The molecule has 21 heavy (non-hydrogen) atoms. The SMILES string of the molecule is Cc1cc(NC(N)=S)cc(C)c1OCC(=O)N1CCCC1. The van der Waals surface area contributed by atoms with Gasteiger partial charge in [0, 0.05) is 18.8 Å². The Morgan fingerprint density at radius 2 is 1.90 bits per heavy atom. The Hall–Kier alpha value is -1.82. The first-order valence-electron chi connectivity index (χ1n) is 7.05. The van der Waals surface area contributed by atoms with Gasteiger partial charge in [-0.25, -0.2) is 0 Å². The lowest BCUT2D eigenvalue weighted by molar-refractivity contribution is -0.132. The molecule has 0 aliphatic carbocycles. The van der Waals surface area contributed by atoms with Gasteiger partial charge in [0.15, 0.2) is 11.7 Å². The summed E-state index contributed by atoms with van der Waals surface area (Å²) in [5.41, 5.74) is 8.19. The van der Waals surface area contributed by atoms with Gasteiger partial charge in [0.1, 0.15) is 5.75 Å². The Balaban J connectivity index is 2.02. The van der Waals surface area contributed by atoms with Crippen LogP contribution in [-0.4, -0.2) is 35.6 Å². The highest BCUT2D eigenvalue weighted by atomic mass is 32.1. The lowest BCUT2D eigenvalue weighted by Gasteiger charge is -2.18. The van der Waals surface area contributed by atoms with E-state index in [-0.39, 0.29) is 17.6 Å². The average molecular weight is 307 g/mol. The van der Waals surface area contributed by atoms with Gasteiger partial charge in [-0.05, 0) is 62.2 Å². The minimum absolute atomic E-state index is 0.0524. The zero-order chi connectivity index (χ0) is 15.4. The van der Waals surface area contributed by atoms with Crippen molar-refractivity contribution in [2.45, 2.75) is 26.7 Å². The Morgan fingerprint density at radius 1 is 1.33 bits per heavy atom. The average Bonchev–Trinajstić information content (AvgIpc) is 2.90. The van der Waals surface area contributed by atoms with Crippen molar-refractivity contribution < 1.29 is 9.53 Å². The summed E-state index contributed by atoms with van der Waals surface area (Å²) in [6.07, 6.45) is 2.17. The molecule has 1 aliphatic heterocycles. The fraction of sp³-hybridized carbons (Fsp3) is 0.467. The van der Waals surface area contributed by atoms with Crippen molar-refractivity contribution in [3.05, 3.63) is 23.3 Å². The monoisotopic (exact) mass is 307 g/mol. The Kier molecular flexibility index (Phi) is 5.01. The maximum Gasteiger partial charge on any atom is 0.260 e. The standard InChI is InChI=1S/C15H21N3O2S/c1-10-7-12(17-15(16)21)8-11(2)14(10)20-9-13(19)18-5-3-4-6-18/h7-8H,3-6,9H2,1-2H3,(H3,16,17,21). The first kappa shape index (κ1) is 15.6. The van der Waals surface area contributed by atoms with Gasteiger partial charge in [0.2, 0.25) is 0 Å². The van der Waals surface area contributed by atoms with Crippen LogP contribution in [0, 0.1) is 13.8 Å². The van der Waals surface area contributed by atoms with E-state index in [4.69, 9.17) is 22.7 Å². The Bertz CT molecular complexity index is 531. The number of nitrogens with two attached hydrogens (primary N) is 1. The summed E-state index contributed by atoms with van der Waals surface area (Å²) < 4.78 is 5.72. The van der Waals surface area contributed by atoms with Crippen LogP contribution in [0.25, 0.3) is 0 Å². The van der Waals surface area contributed by atoms with Crippen LogP contribution in [0.3, 0.4) is 0 Å². The van der Waals surface area contributed by atoms with E-state index >= 15 is 0 Å². The highest BCUT2D eigenvalue weighted by Crippen LogP contribution is 2.27. The fourth-order valence-electron chi connectivity index (χ4n) is 2.58. The molecule has 0 saturated carbocycles. The zero-order valence-corrected chi connectivity index (χ0v) is 13.3. The molecule has 3 N–H and O–H groups in total. The quantitative estimate of drug-likeness (QED) is 0.832. The third-order valence-electron chi connectivity index (χ3n) is 3.53. The van der Waals surface area contributed by atoms with E-state index < -0.39 is 0 Å². The number of thiocarbonyl (C=S) groups is 1. The number of likely N-dealkylation sites (tertiary alicyclic amines) is 1. The van der Waals surface area contributed by atoms with Crippen molar-refractivity contribution in [1.29, 1.82) is 0 Å². The summed E-state index contributed by atoms with van der Waals surface area (Å²) in [6.45, 7) is 5.65. The molecule has 5 nitrogen and oxygen atoms in total. The van der Waals surface area contributed by atoms with Crippen LogP contribution < -0.4 is 15.8 Å². The van der Waals surface area contributed by atoms with Crippen LogP contribution >= 0.6 is 12.2 Å². The second-order valence-corrected chi connectivity index (χ2v) is 5.74. The van der Waals surface area contributed by atoms with Gasteiger partial charge < -0.3 is 20.7 Å². The molecule has 0 spiro atoms. The number of hydrogen-bond acceptors (Lipinski definition) is 3. The normalized spacial score (nSPS) is 14.1. The number of ether oxygens (including phenoxy) is 1. The number of nitrogens with zero attached hydrogens (tertiary/aromatic N) is 1. The molecule has 0 atom stereocenters. The molecule has 1 aromatic rings. The van der Waals surface area contributed by atoms with Crippen LogP contribution in [0.15, 0.2) is 12.1 Å². The van der Waals surface area contributed by atoms with Gasteiger partial charge in [-0.1, -0.05) is 0 Å². The second-order valence-electron chi connectivity index (χ2n) is 5.30. The number of hydrogen-bond donors (Lipinski definition) is 2. The number of amides is 1. The second kappa shape index (κ2) is 6.76. The van der Waals surface area contributed by atoms with E-state index in [1.807, 2.05) is 30.9 Å². The lowest BCUT2D eigenvalue weighted by Crippen LogP contribution is -2.32. The van der Waals surface area contributed by atoms with Gasteiger partial charge in [-0.2, -0.15) is 0 Å². The summed E-state index contributed by atoms with van der Waals surface area (Å²) in [5, 5.41) is 3.13. The number of carbonyl (C=O) groups is 1. The maximum absolute atomic E-state index is 12.0. The number of carbonyl (C=O) groups excluding carboxylic acids is 1. The van der Waals surface area contributed by atoms with Gasteiger partial charge >= 0.3 is 0 Å². The Morgan fingerprint density at radius 3 is 2.43 bits per heavy atom. The largest absolute Gasteiger partial charge is 0.483 e. The van der Waals surface area contributed by atoms with Crippen molar-refractivity contribution in [2.24, 2.45) is 5.73 Å². The highest BCUT2D eigenvalue weighted by molar-refractivity contribution is 7.80. The van der Waals surface area contributed by atoms with Crippen LogP contribution in [0.4, 0.5) is 5.69 Å². The molecule has 1 saturated heterocycles. The lowest BCUT2D eigenvalue weighted by atomic mass is 10.1. The molecule has 1 aromatic carbocycles. The molecule has 0 aromatic heterocycles. The van der Waals surface area contributed by atoms with E-state index in [2.05, 4.69) is 5.32 Å². The number of rotatable bonds is 4. The van der Waals surface area contributed by atoms with Crippen LogP contribution in [0.1, 0.15) is 24.0 Å². The number of anilines is 1. The van der Waals surface area contributed by atoms with E-state index in [0.717, 1.165) is 48.5 Å². The number of aryl methyl sites for hydroxylation is 2. The molecule has 2 rings (SSSR count). The van der Waals surface area contributed by atoms with Crippen molar-refractivity contribution >= 4 is 28.9 Å². The van der Waals surface area contributed by atoms with E-state index in [1.54, 1.807) is 0 Å². The third kappa shape index (κ3) is 4.07. The number of nitrogens with one attached hydrogen (secondary N) is 1. The molecule has 114 valence electrons. The molecule has 0 radical (unpaired) electrons. The van der Waals surface area contributed by atoms with Gasteiger partial charge in [-0.3, -0.25) is 4.79 Å². The third-order valence-corrected chi connectivity index (χ3v) is 3.63. The predicted molar refractivity (Wildman–Crippen MR) is 87.6 cm³/mol. The van der Waals surface area contributed by atoms with Crippen molar-refractivity contribution in [3.63, 3.8) is 0 Å². The molecule has 1 amide bonds. The van der Waals surface area contributed by atoms with Crippen molar-refractivity contribution in [1.82, 2.24) is 4.90 Å². The molecular weight excluding hydrogens is 286 g/mol. The minimum Gasteiger partial charge on any atom is -0.483 e. The summed E-state index contributed by atoms with van der Waals surface area (Å²) in [6, 6.07) is 3.81. The summed E-state index contributed by atoms with van der Waals surface area (Å²) in [5.74, 6) is 0.799. The first-order valence-corrected chi connectivity index (χ1v) is 7.46. The summed E-state index contributed by atoms with van der Waals surface area (Å²) in [4.78, 5) is 13.9. The van der Waals surface area contributed by atoms with Crippen molar-refractivity contribution in [3.8, 4) is 5.75 Å². The molecule has 0 unspecified atom stereocenters. The molecule has 1 aliphatic rings. The van der Waals surface area contributed by atoms with Crippen molar-refractivity contribution in [2.75, 3.05) is 25.0 Å². The molecule has 1 heterocycles. The van der Waals surface area contributed by atoms with E-state index in [9.17, 15) is 4.79 Å². The van der Waals surface area contributed by atoms with E-state index in [1.165, 1.54) is 0 Å².